The Morgan fingerprint density at radius 3 is 2.50 bits per heavy atom. The maximum absolute atomic E-state index is 12.1. The number of hydrogen-bond donors (Lipinski definition) is 0. The van der Waals surface area contributed by atoms with Crippen LogP contribution in [0.3, 0.4) is 0 Å². The van der Waals surface area contributed by atoms with Gasteiger partial charge in [0, 0.05) is 11.1 Å². The normalized spacial score (nSPS) is 10.4. The Balaban J connectivity index is 1.74. The van der Waals surface area contributed by atoms with Gasteiger partial charge < -0.3 is 4.74 Å². The quantitative estimate of drug-likeness (QED) is 0.679. The number of benzene rings is 2. The van der Waals surface area contributed by atoms with Crippen molar-refractivity contribution in [3.05, 3.63) is 66.4 Å². The van der Waals surface area contributed by atoms with Gasteiger partial charge in [0.25, 0.3) is 0 Å². The fourth-order valence-corrected chi connectivity index (χ4v) is 2.13. The average Bonchev–Trinajstić information content (AvgIpc) is 3.04. The van der Waals surface area contributed by atoms with Crippen LogP contribution in [0.1, 0.15) is 10.4 Å². The zero-order valence-corrected chi connectivity index (χ0v) is 12.1. The number of carbonyl (C=O) groups excluding carboxylic acids is 1. The van der Waals surface area contributed by atoms with Crippen LogP contribution in [0.5, 0.6) is 5.75 Å². The van der Waals surface area contributed by atoms with E-state index < -0.39 is 0 Å². The van der Waals surface area contributed by atoms with Crippen molar-refractivity contribution in [2.24, 2.45) is 0 Å². The molecule has 2 aromatic carbocycles. The van der Waals surface area contributed by atoms with Crippen molar-refractivity contribution >= 4 is 5.78 Å². The third kappa shape index (κ3) is 3.03. The SMILES string of the molecule is COc1ccc(-c2cn(CC(=O)c3ccccc3)nn2)cc1. The van der Waals surface area contributed by atoms with Gasteiger partial charge in [0.2, 0.25) is 0 Å². The van der Waals surface area contributed by atoms with E-state index >= 15 is 0 Å². The number of hydrogen-bond acceptors (Lipinski definition) is 4. The van der Waals surface area contributed by atoms with Crippen LogP contribution in [0, 0.1) is 0 Å². The number of methoxy groups -OCH3 is 1. The molecule has 5 nitrogen and oxygen atoms in total. The van der Waals surface area contributed by atoms with Crippen LogP contribution >= 0.6 is 0 Å². The smallest absolute Gasteiger partial charge is 0.184 e. The number of ketones is 1. The van der Waals surface area contributed by atoms with Crippen LogP contribution in [-0.4, -0.2) is 27.9 Å². The molecule has 0 atom stereocenters. The maximum Gasteiger partial charge on any atom is 0.184 e. The van der Waals surface area contributed by atoms with Crippen LogP contribution in [0.2, 0.25) is 0 Å². The molecule has 0 unspecified atom stereocenters. The first kappa shape index (κ1) is 14.0. The Morgan fingerprint density at radius 1 is 1.09 bits per heavy atom. The minimum Gasteiger partial charge on any atom is -0.497 e. The highest BCUT2D eigenvalue weighted by Gasteiger charge is 2.09. The summed E-state index contributed by atoms with van der Waals surface area (Å²) in [5.41, 5.74) is 2.33. The first-order valence-corrected chi connectivity index (χ1v) is 6.89. The fraction of sp³-hybridized carbons (Fsp3) is 0.118. The highest BCUT2D eigenvalue weighted by atomic mass is 16.5. The van der Waals surface area contributed by atoms with Gasteiger partial charge >= 0.3 is 0 Å². The number of nitrogens with zero attached hydrogens (tertiary/aromatic N) is 3. The molecule has 0 N–H and O–H groups in total. The summed E-state index contributed by atoms with van der Waals surface area (Å²) >= 11 is 0. The molecule has 0 fully saturated rings. The second kappa shape index (κ2) is 6.22. The molecule has 1 aromatic heterocycles. The Morgan fingerprint density at radius 2 is 1.82 bits per heavy atom. The topological polar surface area (TPSA) is 57.0 Å². The molecule has 3 aromatic rings. The van der Waals surface area contributed by atoms with Crippen LogP contribution in [-0.2, 0) is 6.54 Å². The summed E-state index contributed by atoms with van der Waals surface area (Å²) in [6, 6.07) is 16.7. The molecule has 3 rings (SSSR count). The average molecular weight is 293 g/mol. The molecule has 0 amide bonds. The molecule has 0 aliphatic heterocycles. The monoisotopic (exact) mass is 293 g/mol. The summed E-state index contributed by atoms with van der Waals surface area (Å²) < 4.78 is 6.68. The third-order valence-electron chi connectivity index (χ3n) is 3.33. The molecule has 110 valence electrons. The number of aromatic nitrogens is 3. The van der Waals surface area contributed by atoms with Crippen molar-refractivity contribution in [3.63, 3.8) is 0 Å². The van der Waals surface area contributed by atoms with Crippen LogP contribution in [0.15, 0.2) is 60.8 Å². The molecule has 1 heterocycles. The molecule has 5 heteroatoms. The van der Waals surface area contributed by atoms with Crippen molar-refractivity contribution in [1.29, 1.82) is 0 Å². The third-order valence-corrected chi connectivity index (χ3v) is 3.33. The van der Waals surface area contributed by atoms with E-state index in [-0.39, 0.29) is 12.3 Å². The molecule has 22 heavy (non-hydrogen) atoms. The molecule has 0 saturated heterocycles. The van der Waals surface area contributed by atoms with E-state index in [1.807, 2.05) is 42.5 Å². The van der Waals surface area contributed by atoms with Gasteiger partial charge in [0.15, 0.2) is 5.78 Å². The summed E-state index contributed by atoms with van der Waals surface area (Å²) in [7, 11) is 1.63. The second-order valence-electron chi connectivity index (χ2n) is 4.82. The molecule has 0 saturated carbocycles. The first-order chi connectivity index (χ1) is 10.8. The first-order valence-electron chi connectivity index (χ1n) is 6.89. The van der Waals surface area contributed by atoms with E-state index in [1.54, 1.807) is 30.1 Å². The lowest BCUT2D eigenvalue weighted by Crippen LogP contribution is -2.10. The van der Waals surface area contributed by atoms with Crippen molar-refractivity contribution in [1.82, 2.24) is 15.0 Å². The summed E-state index contributed by atoms with van der Waals surface area (Å²) in [6.45, 7) is 0.174. The Bertz CT molecular complexity index is 764. The Labute approximate surface area is 128 Å². The molecule has 0 bridgehead atoms. The Kier molecular flexibility index (Phi) is 3.96. The lowest BCUT2D eigenvalue weighted by atomic mass is 10.1. The van der Waals surface area contributed by atoms with Gasteiger partial charge in [-0.1, -0.05) is 35.5 Å². The van der Waals surface area contributed by atoms with E-state index in [4.69, 9.17) is 4.74 Å². The van der Waals surface area contributed by atoms with Gasteiger partial charge in [-0.2, -0.15) is 0 Å². The van der Waals surface area contributed by atoms with Crippen LogP contribution in [0.25, 0.3) is 11.3 Å². The van der Waals surface area contributed by atoms with Crippen molar-refractivity contribution in [3.8, 4) is 17.0 Å². The van der Waals surface area contributed by atoms with E-state index in [9.17, 15) is 4.79 Å². The van der Waals surface area contributed by atoms with Gasteiger partial charge in [-0.25, -0.2) is 4.68 Å². The maximum atomic E-state index is 12.1. The number of carbonyl (C=O) groups is 1. The van der Waals surface area contributed by atoms with Gasteiger partial charge in [-0.15, -0.1) is 5.10 Å². The Hall–Kier alpha value is -2.95. The minimum atomic E-state index is 0.00628. The molecular formula is C17H15N3O2. The highest BCUT2D eigenvalue weighted by molar-refractivity contribution is 5.95. The predicted octanol–water partition coefficient (Wildman–Crippen LogP) is 2.84. The number of ether oxygens (including phenoxy) is 1. The summed E-state index contributed by atoms with van der Waals surface area (Å²) in [6.07, 6.45) is 1.77. The van der Waals surface area contributed by atoms with E-state index in [2.05, 4.69) is 10.3 Å². The van der Waals surface area contributed by atoms with Gasteiger partial charge in [0.1, 0.15) is 18.0 Å². The zero-order valence-electron chi connectivity index (χ0n) is 12.1. The molecule has 0 radical (unpaired) electrons. The fourth-order valence-electron chi connectivity index (χ4n) is 2.13. The van der Waals surface area contributed by atoms with Crippen molar-refractivity contribution in [2.45, 2.75) is 6.54 Å². The van der Waals surface area contributed by atoms with Crippen LogP contribution in [0.4, 0.5) is 0 Å². The van der Waals surface area contributed by atoms with E-state index in [0.717, 1.165) is 17.0 Å². The van der Waals surface area contributed by atoms with Crippen molar-refractivity contribution < 1.29 is 9.53 Å². The summed E-state index contributed by atoms with van der Waals surface area (Å²) in [5, 5.41) is 8.12. The molecule has 0 aliphatic rings. The van der Waals surface area contributed by atoms with Gasteiger partial charge in [-0.05, 0) is 24.3 Å². The largest absolute Gasteiger partial charge is 0.497 e. The van der Waals surface area contributed by atoms with E-state index in [1.165, 1.54) is 0 Å². The predicted molar refractivity (Wildman–Crippen MR) is 82.8 cm³/mol. The standard InChI is InChI=1S/C17H15N3O2/c1-22-15-9-7-13(8-10-15)16-11-20(19-18-16)12-17(21)14-5-3-2-4-6-14/h2-11H,12H2,1H3. The van der Waals surface area contributed by atoms with E-state index in [0.29, 0.717) is 5.56 Å². The van der Waals surface area contributed by atoms with Crippen LogP contribution < -0.4 is 4.74 Å². The molecule has 0 spiro atoms. The number of Topliss-reactive ketones (excluding diaryl/α,β-unsaturated/α-hetero) is 1. The minimum absolute atomic E-state index is 0.00628. The lowest BCUT2D eigenvalue weighted by molar-refractivity contribution is 0.0967. The summed E-state index contributed by atoms with van der Waals surface area (Å²) in [5.74, 6) is 0.794. The number of rotatable bonds is 5. The van der Waals surface area contributed by atoms with Gasteiger partial charge in [-0.3, -0.25) is 4.79 Å². The van der Waals surface area contributed by atoms with Gasteiger partial charge in [0.05, 0.1) is 13.3 Å². The van der Waals surface area contributed by atoms with Crippen molar-refractivity contribution in [2.75, 3.05) is 7.11 Å². The second-order valence-corrected chi connectivity index (χ2v) is 4.82. The zero-order chi connectivity index (χ0) is 15.4. The summed E-state index contributed by atoms with van der Waals surface area (Å²) in [4.78, 5) is 12.1. The highest BCUT2D eigenvalue weighted by Crippen LogP contribution is 2.20. The molecular weight excluding hydrogens is 278 g/mol. The molecule has 0 aliphatic carbocycles. The lowest BCUT2D eigenvalue weighted by Gasteiger charge is -2.01.